The minimum Gasteiger partial charge on any atom is -0.182 e. The van der Waals surface area contributed by atoms with Gasteiger partial charge in [0.05, 0.1) is 0 Å². The number of hydrogen-bond donors (Lipinski definition) is 2. The Balaban J connectivity index is 3.06. The van der Waals surface area contributed by atoms with Crippen molar-refractivity contribution in [3.05, 3.63) is 0 Å². The van der Waals surface area contributed by atoms with Crippen LogP contribution in [0.5, 0.6) is 0 Å². The first kappa shape index (κ1) is 20.9. The zero-order valence-corrected chi connectivity index (χ0v) is 14.7. The fourth-order valence-corrected chi connectivity index (χ4v) is 2.72. The van der Waals surface area contributed by atoms with Crippen molar-refractivity contribution in [1.82, 2.24) is 0 Å². The van der Waals surface area contributed by atoms with Gasteiger partial charge in [0.15, 0.2) is 0 Å². The van der Waals surface area contributed by atoms with Gasteiger partial charge in [-0.3, -0.25) is 0 Å². The van der Waals surface area contributed by atoms with Crippen LogP contribution < -0.4 is 0 Å². The van der Waals surface area contributed by atoms with E-state index in [9.17, 15) is 10.4 Å². The Morgan fingerprint density at radius 2 is 0.857 bits per heavy atom. The van der Waals surface area contributed by atoms with E-state index in [1.54, 1.807) is 6.92 Å². The molecule has 128 valence electrons. The van der Waals surface area contributed by atoms with Crippen LogP contribution in [-0.2, 0) is 0 Å². The summed E-state index contributed by atoms with van der Waals surface area (Å²) in [7, 11) is 0. The number of hydroxylamine groups is 4. The molecule has 0 saturated carbocycles. The lowest BCUT2D eigenvalue weighted by molar-refractivity contribution is -1.24. The Morgan fingerprint density at radius 1 is 0.524 bits per heavy atom. The van der Waals surface area contributed by atoms with E-state index in [-0.39, 0.29) is 0 Å². The zero-order chi connectivity index (χ0) is 15.8. The molecule has 0 aliphatic heterocycles. The fourth-order valence-electron chi connectivity index (χ4n) is 2.72. The second-order valence-electron chi connectivity index (χ2n) is 6.51. The van der Waals surface area contributed by atoms with Gasteiger partial charge in [-0.2, -0.15) is 10.4 Å². The number of quaternary nitrogens is 1. The van der Waals surface area contributed by atoms with Gasteiger partial charge in [0.1, 0.15) is 13.1 Å². The third-order valence-electron chi connectivity index (χ3n) is 4.38. The molecule has 21 heavy (non-hydrogen) atoms. The summed E-state index contributed by atoms with van der Waals surface area (Å²) < 4.78 is 0. The van der Waals surface area contributed by atoms with E-state index in [4.69, 9.17) is 0 Å². The normalized spacial score (nSPS) is 12.0. The lowest BCUT2D eigenvalue weighted by atomic mass is 10.0. The molecule has 2 N–H and O–H groups in total. The average molecular weight is 303 g/mol. The van der Waals surface area contributed by atoms with Crippen LogP contribution in [0.1, 0.15) is 104 Å². The number of rotatable bonds is 16. The quantitative estimate of drug-likeness (QED) is 0.206. The number of hydrogen-bond acceptors (Lipinski definition) is 2. The van der Waals surface area contributed by atoms with Crippen molar-refractivity contribution in [3.63, 3.8) is 0 Å². The topological polar surface area (TPSA) is 40.5 Å². The second-order valence-corrected chi connectivity index (χ2v) is 6.51. The molecule has 3 nitrogen and oxygen atoms in total. The Bertz CT molecular complexity index is 207. The van der Waals surface area contributed by atoms with Crippen molar-refractivity contribution in [2.75, 3.05) is 13.1 Å². The minimum atomic E-state index is -0.807. The number of unbranched alkanes of at least 4 members (excludes halogenated alkanes) is 13. The van der Waals surface area contributed by atoms with Crippen molar-refractivity contribution in [2.24, 2.45) is 0 Å². The maximum atomic E-state index is 9.41. The largest absolute Gasteiger partial charge is 0.182 e. The molecule has 0 bridgehead atoms. The van der Waals surface area contributed by atoms with Crippen LogP contribution in [0.15, 0.2) is 0 Å². The number of nitrogens with zero attached hydrogens (tertiary/aromatic N) is 1. The summed E-state index contributed by atoms with van der Waals surface area (Å²) in [6.07, 6.45) is 18.6. The Labute approximate surface area is 132 Å². The van der Waals surface area contributed by atoms with Crippen LogP contribution in [-0.4, -0.2) is 28.3 Å². The molecule has 0 amide bonds. The predicted octanol–water partition coefficient (Wildman–Crippen LogP) is 6.08. The van der Waals surface area contributed by atoms with Crippen LogP contribution in [0, 0.1) is 0 Å². The van der Waals surface area contributed by atoms with E-state index >= 15 is 0 Å². The van der Waals surface area contributed by atoms with Crippen molar-refractivity contribution in [2.45, 2.75) is 104 Å². The van der Waals surface area contributed by atoms with Gasteiger partial charge in [0.2, 0.25) is 0 Å². The van der Waals surface area contributed by atoms with E-state index in [1.807, 2.05) is 0 Å². The summed E-state index contributed by atoms with van der Waals surface area (Å²) in [5, 5.41) is 18.8. The lowest BCUT2D eigenvalue weighted by Crippen LogP contribution is -2.41. The summed E-state index contributed by atoms with van der Waals surface area (Å²) in [5.74, 6) is 0. The summed E-state index contributed by atoms with van der Waals surface area (Å²) >= 11 is 0. The molecule has 3 heteroatoms. The molecule has 0 unspecified atom stereocenters. The molecule has 0 aliphatic carbocycles. The van der Waals surface area contributed by atoms with Crippen LogP contribution >= 0.6 is 0 Å². The van der Waals surface area contributed by atoms with Gasteiger partial charge in [-0.25, -0.2) is 0 Å². The Kier molecular flexibility index (Phi) is 14.7. The molecule has 0 saturated heterocycles. The summed E-state index contributed by atoms with van der Waals surface area (Å²) in [4.78, 5) is -0.807. The smallest absolute Gasteiger partial charge is 0.142 e. The van der Waals surface area contributed by atoms with Crippen molar-refractivity contribution in [1.29, 1.82) is 0 Å². The third kappa shape index (κ3) is 16.1. The van der Waals surface area contributed by atoms with E-state index in [0.29, 0.717) is 13.1 Å². The van der Waals surface area contributed by atoms with Crippen molar-refractivity contribution < 1.29 is 15.2 Å². The standard InChI is InChI=1S/C18H40NO2/c1-3-5-6-7-8-9-10-11-12-13-14-15-16-17-18-19(20,21)4-2/h20-21H,3-18H2,1-2H3/q+1. The highest BCUT2D eigenvalue weighted by atomic mass is 16.8. The molecule has 0 atom stereocenters. The highest BCUT2D eigenvalue weighted by molar-refractivity contribution is 4.49. The fraction of sp³-hybridized carbons (Fsp3) is 1.00. The predicted molar refractivity (Wildman–Crippen MR) is 89.6 cm³/mol. The van der Waals surface area contributed by atoms with Gasteiger partial charge < -0.3 is 0 Å². The molecule has 0 heterocycles. The Morgan fingerprint density at radius 3 is 1.19 bits per heavy atom. The van der Waals surface area contributed by atoms with Gasteiger partial charge in [0.25, 0.3) is 0 Å². The molecule has 0 spiro atoms. The molecular weight excluding hydrogens is 262 g/mol. The Hall–Kier alpha value is -0.120. The summed E-state index contributed by atoms with van der Waals surface area (Å²) in [5.41, 5.74) is 0. The maximum absolute atomic E-state index is 9.41. The van der Waals surface area contributed by atoms with E-state index in [1.165, 1.54) is 77.0 Å². The second kappa shape index (κ2) is 14.8. The molecule has 0 rings (SSSR count). The van der Waals surface area contributed by atoms with Gasteiger partial charge in [-0.05, 0) is 18.2 Å². The van der Waals surface area contributed by atoms with Gasteiger partial charge in [0, 0.05) is 6.42 Å². The average Bonchev–Trinajstić information content (AvgIpc) is 2.47. The minimum absolute atomic E-state index is 0.373. The monoisotopic (exact) mass is 302 g/mol. The molecular formula is C18H40NO2+. The third-order valence-corrected chi connectivity index (χ3v) is 4.38. The highest BCUT2D eigenvalue weighted by Gasteiger charge is 2.17. The SMILES string of the molecule is CCCCCCCCCCCCCCCC[N+](O)(O)CC. The van der Waals surface area contributed by atoms with E-state index < -0.39 is 4.81 Å². The highest BCUT2D eigenvalue weighted by Crippen LogP contribution is 2.13. The zero-order valence-electron chi connectivity index (χ0n) is 14.7. The maximum Gasteiger partial charge on any atom is 0.142 e. The van der Waals surface area contributed by atoms with Gasteiger partial charge in [-0.15, -0.1) is 0 Å². The first-order chi connectivity index (χ1) is 10.1. The lowest BCUT2D eigenvalue weighted by Gasteiger charge is -2.18. The summed E-state index contributed by atoms with van der Waals surface area (Å²) in [6, 6.07) is 0. The molecule has 0 aromatic carbocycles. The van der Waals surface area contributed by atoms with Gasteiger partial charge >= 0.3 is 0 Å². The van der Waals surface area contributed by atoms with E-state index in [2.05, 4.69) is 6.92 Å². The van der Waals surface area contributed by atoms with Crippen LogP contribution in [0.3, 0.4) is 0 Å². The van der Waals surface area contributed by atoms with Crippen molar-refractivity contribution >= 4 is 0 Å². The van der Waals surface area contributed by atoms with Crippen LogP contribution in [0.25, 0.3) is 0 Å². The van der Waals surface area contributed by atoms with Crippen LogP contribution in [0.2, 0.25) is 0 Å². The molecule has 0 fully saturated rings. The first-order valence-electron chi connectivity index (χ1n) is 9.45. The van der Waals surface area contributed by atoms with Gasteiger partial charge in [-0.1, -0.05) is 84.0 Å². The van der Waals surface area contributed by atoms with Crippen LogP contribution in [0.4, 0.5) is 0 Å². The first-order valence-corrected chi connectivity index (χ1v) is 9.45. The molecule has 0 radical (unpaired) electrons. The summed E-state index contributed by atoms with van der Waals surface area (Å²) in [6.45, 7) is 4.91. The van der Waals surface area contributed by atoms with E-state index in [0.717, 1.165) is 12.8 Å². The molecule has 0 aromatic heterocycles. The molecule has 0 aliphatic rings. The van der Waals surface area contributed by atoms with Crippen molar-refractivity contribution in [3.8, 4) is 0 Å². The molecule has 0 aromatic rings.